The van der Waals surface area contributed by atoms with E-state index in [9.17, 15) is 19.2 Å². The van der Waals surface area contributed by atoms with Crippen molar-refractivity contribution in [2.24, 2.45) is 0 Å². The van der Waals surface area contributed by atoms with Crippen LogP contribution in [0.3, 0.4) is 0 Å². The van der Waals surface area contributed by atoms with Gasteiger partial charge >= 0.3 is 23.9 Å². The Morgan fingerprint density at radius 1 is 0.619 bits per heavy atom. The van der Waals surface area contributed by atoms with Gasteiger partial charge in [0.15, 0.2) is 6.67 Å². The zero-order valence-electron chi connectivity index (χ0n) is 12.9. The number of carbonyl (C=O) groups is 4. The summed E-state index contributed by atoms with van der Waals surface area (Å²) < 4.78 is 0. The van der Waals surface area contributed by atoms with E-state index in [0.717, 1.165) is 27.7 Å². The van der Waals surface area contributed by atoms with Gasteiger partial charge in [0.1, 0.15) is 0 Å². The van der Waals surface area contributed by atoms with Crippen molar-refractivity contribution in [2.75, 3.05) is 6.67 Å². The molecule has 0 spiro atoms. The molecule has 0 heterocycles. The van der Waals surface area contributed by atoms with Crippen LogP contribution < -0.4 is 0 Å². The SMILES string of the molecule is CC(=O)ON(CN(OC(C)=O)OC(C)=O)OC(C)=O.[Na].[Na]. The first-order valence-corrected chi connectivity index (χ1v) is 5.00. The number of carbonyl (C=O) groups excluding carboxylic acids is 4. The fourth-order valence-corrected chi connectivity index (χ4v) is 0.821. The van der Waals surface area contributed by atoms with Crippen LogP contribution in [-0.4, -0.2) is 100 Å². The molecule has 0 amide bonds. The van der Waals surface area contributed by atoms with Gasteiger partial charge in [0, 0.05) is 86.8 Å². The van der Waals surface area contributed by atoms with Crippen molar-refractivity contribution in [1.82, 2.24) is 10.5 Å². The molecule has 0 rings (SSSR count). The molecule has 12 heteroatoms. The summed E-state index contributed by atoms with van der Waals surface area (Å²) in [4.78, 5) is 61.0. The number of hydrogen-bond acceptors (Lipinski definition) is 10. The van der Waals surface area contributed by atoms with Gasteiger partial charge in [0.2, 0.25) is 0 Å². The molecule has 10 nitrogen and oxygen atoms in total. The van der Waals surface area contributed by atoms with Gasteiger partial charge in [-0.05, 0) is 0 Å². The first kappa shape index (κ1) is 25.7. The van der Waals surface area contributed by atoms with E-state index in [2.05, 4.69) is 19.4 Å². The molecule has 0 fully saturated rings. The summed E-state index contributed by atoms with van der Waals surface area (Å²) in [6.45, 7) is 3.58. The standard InChI is InChI=1S/C9H14N2O8.2Na/c1-6(12)16-10(17-7(2)13)5-11(18-8(3)14)19-9(4)15;;/h5H2,1-4H3;;. The Balaban J connectivity index is -0.00000162. The van der Waals surface area contributed by atoms with Gasteiger partial charge in [-0.2, -0.15) is 0 Å². The Hall–Kier alpha value is -0.200. The summed E-state index contributed by atoms with van der Waals surface area (Å²) in [6, 6.07) is 0. The maximum Gasteiger partial charge on any atom is 0.326 e. The van der Waals surface area contributed by atoms with E-state index in [4.69, 9.17) is 0 Å². The van der Waals surface area contributed by atoms with Crippen molar-refractivity contribution < 1.29 is 38.5 Å². The second kappa shape index (κ2) is 13.5. The molecular formula is C9H14N2Na2O8. The fraction of sp³-hybridized carbons (Fsp3) is 0.556. The van der Waals surface area contributed by atoms with Gasteiger partial charge in [-0.1, -0.05) is 0 Å². The Morgan fingerprint density at radius 2 is 0.810 bits per heavy atom. The zero-order chi connectivity index (χ0) is 15.0. The molecule has 21 heavy (non-hydrogen) atoms. The Morgan fingerprint density at radius 3 is 0.952 bits per heavy atom. The van der Waals surface area contributed by atoms with Crippen LogP contribution in [0.15, 0.2) is 0 Å². The van der Waals surface area contributed by atoms with Crippen LogP contribution in [0.1, 0.15) is 27.7 Å². The van der Waals surface area contributed by atoms with Crippen molar-refractivity contribution in [3.05, 3.63) is 0 Å². The molecule has 0 bridgehead atoms. The maximum absolute atomic E-state index is 10.8. The smallest absolute Gasteiger partial charge is 0.326 e. The monoisotopic (exact) mass is 324 g/mol. The Labute approximate surface area is 165 Å². The van der Waals surface area contributed by atoms with E-state index >= 15 is 0 Å². The second-order valence-corrected chi connectivity index (χ2v) is 3.14. The zero-order valence-corrected chi connectivity index (χ0v) is 16.9. The van der Waals surface area contributed by atoms with Crippen molar-refractivity contribution in [3.8, 4) is 0 Å². The molecule has 0 saturated heterocycles. The third kappa shape index (κ3) is 16.0. The minimum Gasteiger partial charge on any atom is -0.332 e. The maximum atomic E-state index is 10.8. The Kier molecular flexibility index (Phi) is 16.5. The molecule has 0 aliphatic rings. The van der Waals surface area contributed by atoms with Crippen LogP contribution in [0.4, 0.5) is 0 Å². The largest absolute Gasteiger partial charge is 0.332 e. The molecule has 0 unspecified atom stereocenters. The average molecular weight is 324 g/mol. The summed E-state index contributed by atoms with van der Waals surface area (Å²) in [6.07, 6.45) is 0. The molecule has 0 saturated carbocycles. The van der Waals surface area contributed by atoms with Crippen LogP contribution in [-0.2, 0) is 38.5 Å². The topological polar surface area (TPSA) is 112 Å². The minimum absolute atomic E-state index is 0. The minimum atomic E-state index is -0.799. The first-order valence-electron chi connectivity index (χ1n) is 5.00. The summed E-state index contributed by atoms with van der Waals surface area (Å²) in [7, 11) is 0. The van der Waals surface area contributed by atoms with Gasteiger partial charge in [-0.3, -0.25) is 19.2 Å². The molecule has 110 valence electrons. The number of hydrogen-bond donors (Lipinski definition) is 0. The Bertz CT molecular complexity index is 313. The van der Waals surface area contributed by atoms with Gasteiger partial charge < -0.3 is 19.4 Å². The van der Waals surface area contributed by atoms with Crippen molar-refractivity contribution >= 4 is 83.0 Å². The molecule has 0 atom stereocenters. The predicted octanol–water partition coefficient (Wildman–Crippen LogP) is -1.30. The number of rotatable bonds is 6. The third-order valence-electron chi connectivity index (χ3n) is 1.15. The first-order chi connectivity index (χ1) is 8.70. The molecule has 0 aromatic rings. The van der Waals surface area contributed by atoms with Gasteiger partial charge in [-0.15, -0.1) is 0 Å². The van der Waals surface area contributed by atoms with Crippen LogP contribution in [0.2, 0.25) is 0 Å². The number of hydroxylamine groups is 4. The van der Waals surface area contributed by atoms with Crippen molar-refractivity contribution in [2.45, 2.75) is 27.7 Å². The predicted molar refractivity (Wildman–Crippen MR) is 67.1 cm³/mol. The van der Waals surface area contributed by atoms with Gasteiger partial charge in [0.05, 0.1) is 10.5 Å². The van der Waals surface area contributed by atoms with E-state index < -0.39 is 30.5 Å². The van der Waals surface area contributed by atoms with E-state index in [1.165, 1.54) is 0 Å². The van der Waals surface area contributed by atoms with Gasteiger partial charge in [-0.25, -0.2) is 0 Å². The second-order valence-electron chi connectivity index (χ2n) is 3.14. The molecular weight excluding hydrogens is 310 g/mol. The molecule has 0 aromatic heterocycles. The summed E-state index contributed by atoms with van der Waals surface area (Å²) in [5.74, 6) is -3.20. The van der Waals surface area contributed by atoms with Crippen LogP contribution >= 0.6 is 0 Å². The van der Waals surface area contributed by atoms with E-state index in [1.54, 1.807) is 0 Å². The van der Waals surface area contributed by atoms with E-state index in [1.807, 2.05) is 0 Å². The molecule has 0 aliphatic carbocycles. The summed E-state index contributed by atoms with van der Waals surface area (Å²) >= 11 is 0. The average Bonchev–Trinajstić information content (AvgIpc) is 2.11. The van der Waals surface area contributed by atoms with Crippen LogP contribution in [0.5, 0.6) is 0 Å². The van der Waals surface area contributed by atoms with Gasteiger partial charge in [0.25, 0.3) is 0 Å². The fourth-order valence-electron chi connectivity index (χ4n) is 0.821. The molecule has 0 aromatic carbocycles. The molecule has 0 aliphatic heterocycles. The van der Waals surface area contributed by atoms with Crippen molar-refractivity contribution in [1.29, 1.82) is 0 Å². The quantitative estimate of drug-likeness (QED) is 0.332. The molecule has 2 radical (unpaired) electrons. The van der Waals surface area contributed by atoms with E-state index in [0.29, 0.717) is 10.5 Å². The van der Waals surface area contributed by atoms with Crippen LogP contribution in [0, 0.1) is 0 Å². The van der Waals surface area contributed by atoms with Crippen molar-refractivity contribution in [3.63, 3.8) is 0 Å². The van der Waals surface area contributed by atoms with E-state index in [-0.39, 0.29) is 59.1 Å². The normalized spacial score (nSPS) is 9.05. The third-order valence-corrected chi connectivity index (χ3v) is 1.15. The summed E-state index contributed by atoms with van der Waals surface area (Å²) in [5.41, 5.74) is 0. The van der Waals surface area contributed by atoms with Crippen LogP contribution in [0.25, 0.3) is 0 Å². The number of nitrogens with zero attached hydrogens (tertiary/aromatic N) is 2. The summed E-state index contributed by atoms with van der Waals surface area (Å²) in [5, 5.41) is 0.771. The molecule has 0 N–H and O–H groups in total.